The van der Waals surface area contributed by atoms with E-state index in [4.69, 9.17) is 4.42 Å². The molecule has 2 aromatic rings. The number of nitrogens with zero attached hydrogens (tertiary/aromatic N) is 1. The minimum Gasteiger partial charge on any atom is -0.443 e. The highest BCUT2D eigenvalue weighted by molar-refractivity contribution is 5.78. The number of fused-ring (bicyclic) bond motifs is 1. The second kappa shape index (κ2) is 3.59. The molecule has 1 aromatic carbocycles. The van der Waals surface area contributed by atoms with Crippen molar-refractivity contribution in [3.05, 3.63) is 29.7 Å². The van der Waals surface area contributed by atoms with Gasteiger partial charge in [0.1, 0.15) is 5.52 Å². The monoisotopic (exact) mass is 231 g/mol. The van der Waals surface area contributed by atoms with Crippen molar-refractivity contribution in [2.45, 2.75) is 52.4 Å². The molecule has 0 atom stereocenters. The maximum absolute atomic E-state index is 5.53. The summed E-state index contributed by atoms with van der Waals surface area (Å²) in [7, 11) is 0. The lowest BCUT2D eigenvalue weighted by Gasteiger charge is -2.24. The molecule has 0 bridgehead atoms. The Morgan fingerprint density at radius 1 is 0.941 bits per heavy atom. The first-order valence-corrected chi connectivity index (χ1v) is 6.08. The molecule has 2 heteroatoms. The summed E-state index contributed by atoms with van der Waals surface area (Å²) in [5, 5.41) is 0. The van der Waals surface area contributed by atoms with Crippen molar-refractivity contribution in [2.24, 2.45) is 0 Å². The molecule has 0 unspecified atom stereocenters. The van der Waals surface area contributed by atoms with Crippen LogP contribution in [0, 0.1) is 0 Å². The van der Waals surface area contributed by atoms with E-state index in [1.807, 2.05) is 0 Å². The van der Waals surface area contributed by atoms with Gasteiger partial charge in [-0.1, -0.05) is 47.6 Å². The van der Waals surface area contributed by atoms with Gasteiger partial charge in [-0.2, -0.15) is 0 Å². The highest BCUT2D eigenvalue weighted by Gasteiger charge is 2.23. The van der Waals surface area contributed by atoms with Crippen LogP contribution in [0.1, 0.15) is 52.7 Å². The zero-order valence-corrected chi connectivity index (χ0v) is 11.6. The predicted molar refractivity (Wildman–Crippen MR) is 71.4 cm³/mol. The molecule has 0 spiro atoms. The van der Waals surface area contributed by atoms with E-state index in [9.17, 15) is 0 Å². The summed E-state index contributed by atoms with van der Waals surface area (Å²) < 4.78 is 5.53. The summed E-state index contributed by atoms with van der Waals surface area (Å²) in [4.78, 5) is 4.30. The molecule has 0 aliphatic rings. The first-order chi connectivity index (χ1) is 7.69. The predicted octanol–water partition coefficient (Wildman–Crippen LogP) is 4.42. The quantitative estimate of drug-likeness (QED) is 0.670. The SMILES string of the molecule is CC(C)(C)c1cc(C(C)(C)C)c2ocnc2c1. The van der Waals surface area contributed by atoms with Gasteiger partial charge in [0.25, 0.3) is 0 Å². The van der Waals surface area contributed by atoms with Gasteiger partial charge < -0.3 is 4.42 Å². The Morgan fingerprint density at radius 3 is 2.12 bits per heavy atom. The second-order valence-corrected chi connectivity index (χ2v) is 6.72. The molecular formula is C15H21NO. The molecule has 0 saturated heterocycles. The molecule has 2 rings (SSSR count). The number of oxazole rings is 1. The highest BCUT2D eigenvalue weighted by atomic mass is 16.3. The van der Waals surface area contributed by atoms with Gasteiger partial charge in [0.05, 0.1) is 0 Å². The van der Waals surface area contributed by atoms with Gasteiger partial charge in [-0.15, -0.1) is 0 Å². The minimum atomic E-state index is 0.0685. The Labute approximate surface area is 103 Å². The maximum atomic E-state index is 5.53. The lowest BCUT2D eigenvalue weighted by Crippen LogP contribution is -2.16. The summed E-state index contributed by atoms with van der Waals surface area (Å²) in [6, 6.07) is 4.39. The summed E-state index contributed by atoms with van der Waals surface area (Å²) in [6.07, 6.45) is 1.53. The van der Waals surface area contributed by atoms with E-state index in [1.54, 1.807) is 0 Å². The average Bonchev–Trinajstić information content (AvgIpc) is 2.59. The second-order valence-electron chi connectivity index (χ2n) is 6.72. The van der Waals surface area contributed by atoms with Gasteiger partial charge in [0, 0.05) is 5.56 Å². The van der Waals surface area contributed by atoms with Crippen LogP contribution in [0.25, 0.3) is 11.1 Å². The third-order valence-electron chi connectivity index (χ3n) is 3.11. The normalized spacial score (nSPS) is 13.3. The Bertz CT molecular complexity index is 538. The molecule has 2 nitrogen and oxygen atoms in total. The number of hydrogen-bond donors (Lipinski definition) is 0. The molecule has 0 amide bonds. The topological polar surface area (TPSA) is 26.0 Å². The third-order valence-corrected chi connectivity index (χ3v) is 3.11. The first kappa shape index (κ1) is 12.2. The lowest BCUT2D eigenvalue weighted by molar-refractivity contribution is 0.547. The van der Waals surface area contributed by atoms with Crippen LogP contribution in [0.5, 0.6) is 0 Å². The summed E-state index contributed by atoms with van der Waals surface area (Å²) in [5.74, 6) is 0. The molecule has 0 aliphatic heterocycles. The van der Waals surface area contributed by atoms with Gasteiger partial charge in [-0.3, -0.25) is 0 Å². The molecular weight excluding hydrogens is 210 g/mol. The van der Waals surface area contributed by atoms with Crippen LogP contribution in [0.15, 0.2) is 22.9 Å². The standard InChI is InChI=1S/C15H21NO/c1-14(2,3)10-7-11(15(4,5)6)13-12(8-10)16-9-17-13/h7-9H,1-6H3. The molecule has 0 radical (unpaired) electrons. The fraction of sp³-hybridized carbons (Fsp3) is 0.533. The van der Waals surface area contributed by atoms with Crippen LogP contribution in [0.4, 0.5) is 0 Å². The van der Waals surface area contributed by atoms with Crippen LogP contribution in [0.3, 0.4) is 0 Å². The molecule has 1 aromatic heterocycles. The third kappa shape index (κ3) is 2.21. The van der Waals surface area contributed by atoms with E-state index in [0.29, 0.717) is 0 Å². The largest absolute Gasteiger partial charge is 0.443 e. The average molecular weight is 231 g/mol. The van der Waals surface area contributed by atoms with E-state index in [0.717, 1.165) is 11.1 Å². The summed E-state index contributed by atoms with van der Waals surface area (Å²) in [6.45, 7) is 13.3. The van der Waals surface area contributed by atoms with Crippen molar-refractivity contribution in [3.63, 3.8) is 0 Å². The minimum absolute atomic E-state index is 0.0685. The van der Waals surface area contributed by atoms with Gasteiger partial charge in [0.2, 0.25) is 0 Å². The van der Waals surface area contributed by atoms with E-state index in [-0.39, 0.29) is 10.8 Å². The van der Waals surface area contributed by atoms with Crippen LogP contribution >= 0.6 is 0 Å². The van der Waals surface area contributed by atoms with Crippen molar-refractivity contribution in [3.8, 4) is 0 Å². The van der Waals surface area contributed by atoms with E-state index in [1.165, 1.54) is 17.5 Å². The number of rotatable bonds is 0. The zero-order valence-electron chi connectivity index (χ0n) is 11.6. The Balaban J connectivity index is 2.76. The van der Waals surface area contributed by atoms with Crippen LogP contribution < -0.4 is 0 Å². The number of hydrogen-bond acceptors (Lipinski definition) is 2. The van der Waals surface area contributed by atoms with Crippen molar-refractivity contribution in [2.75, 3.05) is 0 Å². The molecule has 17 heavy (non-hydrogen) atoms. The van der Waals surface area contributed by atoms with Gasteiger partial charge in [0.15, 0.2) is 12.0 Å². The van der Waals surface area contributed by atoms with E-state index in [2.05, 4.69) is 58.7 Å². The van der Waals surface area contributed by atoms with Crippen molar-refractivity contribution < 1.29 is 4.42 Å². The van der Waals surface area contributed by atoms with Gasteiger partial charge in [-0.05, 0) is 22.5 Å². The van der Waals surface area contributed by atoms with Crippen molar-refractivity contribution >= 4 is 11.1 Å². The van der Waals surface area contributed by atoms with Gasteiger partial charge >= 0.3 is 0 Å². The number of aromatic nitrogens is 1. The Kier molecular flexibility index (Phi) is 2.57. The molecule has 92 valence electrons. The smallest absolute Gasteiger partial charge is 0.181 e. The highest BCUT2D eigenvalue weighted by Crippen LogP contribution is 2.34. The molecule has 1 heterocycles. The van der Waals surface area contributed by atoms with Crippen LogP contribution in [-0.2, 0) is 10.8 Å². The Morgan fingerprint density at radius 2 is 1.59 bits per heavy atom. The Hall–Kier alpha value is -1.31. The maximum Gasteiger partial charge on any atom is 0.181 e. The zero-order chi connectivity index (χ0) is 12.8. The first-order valence-electron chi connectivity index (χ1n) is 6.08. The fourth-order valence-electron chi connectivity index (χ4n) is 1.96. The molecule has 0 N–H and O–H groups in total. The van der Waals surface area contributed by atoms with Crippen LogP contribution in [0.2, 0.25) is 0 Å². The summed E-state index contributed by atoms with van der Waals surface area (Å²) >= 11 is 0. The summed E-state index contributed by atoms with van der Waals surface area (Å²) in [5.41, 5.74) is 4.63. The van der Waals surface area contributed by atoms with Gasteiger partial charge in [-0.25, -0.2) is 4.98 Å². The van der Waals surface area contributed by atoms with Crippen molar-refractivity contribution in [1.82, 2.24) is 4.98 Å². The van der Waals surface area contributed by atoms with E-state index < -0.39 is 0 Å². The fourth-order valence-corrected chi connectivity index (χ4v) is 1.96. The van der Waals surface area contributed by atoms with E-state index >= 15 is 0 Å². The van der Waals surface area contributed by atoms with Crippen molar-refractivity contribution in [1.29, 1.82) is 0 Å². The van der Waals surface area contributed by atoms with Crippen LogP contribution in [-0.4, -0.2) is 4.98 Å². The molecule has 0 fully saturated rings. The lowest BCUT2D eigenvalue weighted by atomic mass is 9.80. The molecule has 0 aliphatic carbocycles. The molecule has 0 saturated carbocycles. The number of benzene rings is 1.